The molecule has 0 radical (unpaired) electrons. The van der Waals surface area contributed by atoms with Crippen molar-refractivity contribution in [1.82, 2.24) is 9.97 Å². The molecule has 3 heteroatoms. The summed E-state index contributed by atoms with van der Waals surface area (Å²) >= 11 is 0. The van der Waals surface area contributed by atoms with E-state index < -0.39 is 0 Å². The van der Waals surface area contributed by atoms with E-state index >= 15 is 0 Å². The molecule has 2 nitrogen and oxygen atoms in total. The second-order valence-electron chi connectivity index (χ2n) is 8.93. The van der Waals surface area contributed by atoms with Crippen molar-refractivity contribution >= 4 is 54.1 Å². The number of aromatic nitrogens is 2. The summed E-state index contributed by atoms with van der Waals surface area (Å²) in [4.78, 5) is 9.04. The molecule has 0 aliphatic rings. The van der Waals surface area contributed by atoms with E-state index in [-0.39, 0.29) is 21.1 Å². The van der Waals surface area contributed by atoms with Crippen LogP contribution in [0.2, 0.25) is 0 Å². The minimum absolute atomic E-state index is 0. The van der Waals surface area contributed by atoms with Gasteiger partial charge in [0.2, 0.25) is 0 Å². The summed E-state index contributed by atoms with van der Waals surface area (Å²) in [6.07, 6.45) is 3.67. The molecule has 0 spiro atoms. The molecule has 2 heterocycles. The van der Waals surface area contributed by atoms with Gasteiger partial charge in [-0.3, -0.25) is 9.97 Å². The Morgan fingerprint density at radius 1 is 0.385 bits per heavy atom. The number of pyridine rings is 2. The number of fused-ring (bicyclic) bond motifs is 7. The van der Waals surface area contributed by atoms with Gasteiger partial charge in [-0.25, -0.2) is 0 Å². The Kier molecular flexibility index (Phi) is 8.36. The van der Waals surface area contributed by atoms with E-state index in [9.17, 15) is 0 Å². The van der Waals surface area contributed by atoms with Crippen molar-refractivity contribution in [3.63, 3.8) is 0 Å². The van der Waals surface area contributed by atoms with Crippen molar-refractivity contribution in [2.24, 2.45) is 0 Å². The third-order valence-corrected chi connectivity index (χ3v) is 6.51. The summed E-state index contributed by atoms with van der Waals surface area (Å²) in [6, 6.07) is 51.2. The first-order valence-electron chi connectivity index (χ1n) is 12.6. The Bertz CT molecular complexity index is 1730. The molecule has 2 aromatic heterocycles. The predicted molar refractivity (Wildman–Crippen MR) is 160 cm³/mol. The van der Waals surface area contributed by atoms with Crippen LogP contribution < -0.4 is 0 Å². The smallest absolute Gasteiger partial charge is 0.256 e. The van der Waals surface area contributed by atoms with Crippen molar-refractivity contribution in [3.8, 4) is 0 Å². The number of rotatable bonds is 0. The monoisotopic (exact) mass is 679 g/mol. The van der Waals surface area contributed by atoms with E-state index in [1.54, 1.807) is 0 Å². The summed E-state index contributed by atoms with van der Waals surface area (Å²) in [7, 11) is 0. The summed E-state index contributed by atoms with van der Waals surface area (Å²) < 4.78 is 0. The summed E-state index contributed by atoms with van der Waals surface area (Å²) in [5.41, 5.74) is 2.05. The molecule has 6 aromatic carbocycles. The third-order valence-electron chi connectivity index (χ3n) is 6.51. The molecule has 0 saturated heterocycles. The van der Waals surface area contributed by atoms with Gasteiger partial charge in [0.05, 0.1) is 11.0 Å². The quantitative estimate of drug-likeness (QED) is 0.118. The van der Waals surface area contributed by atoms with Crippen LogP contribution in [-0.4, -0.2) is 9.97 Å². The number of hydrogen-bond acceptors (Lipinski definition) is 2. The van der Waals surface area contributed by atoms with E-state index in [2.05, 4.69) is 94.9 Å². The summed E-state index contributed by atoms with van der Waals surface area (Å²) in [6.45, 7) is 0. The Labute approximate surface area is 242 Å². The molecule has 8 rings (SSSR count). The van der Waals surface area contributed by atoms with Crippen LogP contribution in [0.4, 0.5) is 0 Å². The molecule has 0 N–H and O–H groups in total. The maximum absolute atomic E-state index is 4.52. The molecule has 8 aromatic rings. The normalized spacial score (nSPS) is 10.4. The van der Waals surface area contributed by atoms with Crippen LogP contribution in [0.1, 0.15) is 0 Å². The van der Waals surface area contributed by atoms with Gasteiger partial charge < -0.3 is 0 Å². The van der Waals surface area contributed by atoms with Crippen LogP contribution in [0.5, 0.6) is 0 Å². The maximum Gasteiger partial charge on any atom is 2.00 e. The molecule has 0 aliphatic heterocycles. The van der Waals surface area contributed by atoms with E-state index in [4.69, 9.17) is 0 Å². The van der Waals surface area contributed by atoms with E-state index in [0.717, 1.165) is 27.2 Å². The van der Waals surface area contributed by atoms with Crippen LogP contribution in [0.15, 0.2) is 146 Å². The molecular weight excluding hydrogens is 655 g/mol. The fourth-order valence-corrected chi connectivity index (χ4v) is 4.63. The standard InChI is InChI=1S/C16H10N2.2C10H7.Pt/c1-3-12-7-5-11-6-8-13-4-2-10-18-16(13)14(11)15(12)17-9-1;2*1-2-6-10-8-4-3-7-9(10)5-1;/h1-10H;2*1-3,5-8H;/q;2*-1;+2. The van der Waals surface area contributed by atoms with Gasteiger partial charge in [-0.1, -0.05) is 72.8 Å². The van der Waals surface area contributed by atoms with Crippen molar-refractivity contribution < 1.29 is 21.1 Å². The number of hydrogen-bond donors (Lipinski definition) is 0. The summed E-state index contributed by atoms with van der Waals surface area (Å²) in [5, 5.41) is 9.71. The molecule has 0 fully saturated rings. The van der Waals surface area contributed by atoms with Gasteiger partial charge in [-0.15, -0.1) is 33.7 Å². The first kappa shape index (κ1) is 26.2. The van der Waals surface area contributed by atoms with Gasteiger partial charge in [0.25, 0.3) is 0 Å². The van der Waals surface area contributed by atoms with Crippen molar-refractivity contribution in [2.75, 3.05) is 0 Å². The van der Waals surface area contributed by atoms with Crippen molar-refractivity contribution in [2.45, 2.75) is 0 Å². The largest absolute Gasteiger partial charge is 2.00 e. The minimum Gasteiger partial charge on any atom is -0.256 e. The molecule has 0 unspecified atom stereocenters. The predicted octanol–water partition coefficient (Wildman–Crippen LogP) is 9.21. The average molecular weight is 680 g/mol. The fraction of sp³-hybridized carbons (Fsp3) is 0. The van der Waals surface area contributed by atoms with Crippen LogP contribution in [0.25, 0.3) is 54.1 Å². The fourth-order valence-electron chi connectivity index (χ4n) is 4.63. The first-order chi connectivity index (χ1) is 18.9. The van der Waals surface area contributed by atoms with Crippen LogP contribution in [0, 0.1) is 12.1 Å². The Morgan fingerprint density at radius 3 is 1.26 bits per heavy atom. The van der Waals surface area contributed by atoms with E-state index in [0.29, 0.717) is 0 Å². The van der Waals surface area contributed by atoms with Gasteiger partial charge in [0.15, 0.2) is 0 Å². The molecule has 0 aliphatic carbocycles. The topological polar surface area (TPSA) is 25.8 Å². The first-order valence-corrected chi connectivity index (χ1v) is 12.6. The molecule has 188 valence electrons. The van der Waals surface area contributed by atoms with Crippen molar-refractivity contribution in [1.29, 1.82) is 0 Å². The van der Waals surface area contributed by atoms with Gasteiger partial charge >= 0.3 is 21.1 Å². The third kappa shape index (κ3) is 5.87. The number of nitrogens with zero attached hydrogens (tertiary/aromatic N) is 2. The van der Waals surface area contributed by atoms with E-state index in [1.165, 1.54) is 26.9 Å². The Hall–Kier alpha value is -4.39. The molecule has 0 saturated carbocycles. The SMILES string of the molecule is [Pt+2].[c-]1ccc2ccccc2c1.[c-]1ccc2ccccc2c1.c1cnc2c(c1)ccc1ccc3cccnc3c12. The number of benzene rings is 6. The second kappa shape index (κ2) is 12.4. The molecule has 0 atom stereocenters. The zero-order chi connectivity index (χ0) is 25.6. The van der Waals surface area contributed by atoms with Gasteiger partial charge in [-0.05, 0) is 17.5 Å². The van der Waals surface area contributed by atoms with Crippen LogP contribution in [0.3, 0.4) is 0 Å². The average Bonchev–Trinajstić information content (AvgIpc) is 3.01. The van der Waals surface area contributed by atoms with Crippen LogP contribution >= 0.6 is 0 Å². The van der Waals surface area contributed by atoms with Gasteiger partial charge in [0.1, 0.15) is 0 Å². The Morgan fingerprint density at radius 2 is 0.795 bits per heavy atom. The molecular formula is C36H24N2Pt. The zero-order valence-corrected chi connectivity index (χ0v) is 23.3. The zero-order valence-electron chi connectivity index (χ0n) is 21.1. The van der Waals surface area contributed by atoms with Gasteiger partial charge in [-0.2, -0.15) is 48.5 Å². The maximum atomic E-state index is 4.52. The Balaban J connectivity index is 0.000000126. The minimum atomic E-state index is 0. The molecule has 39 heavy (non-hydrogen) atoms. The summed E-state index contributed by atoms with van der Waals surface area (Å²) in [5.74, 6) is 0. The van der Waals surface area contributed by atoms with Gasteiger partial charge in [0, 0.05) is 28.6 Å². The van der Waals surface area contributed by atoms with Crippen molar-refractivity contribution in [3.05, 3.63) is 158 Å². The second-order valence-corrected chi connectivity index (χ2v) is 8.93. The van der Waals surface area contributed by atoms with E-state index in [1.807, 2.05) is 73.1 Å². The molecule has 0 amide bonds. The molecule has 0 bridgehead atoms. The van der Waals surface area contributed by atoms with Crippen LogP contribution in [-0.2, 0) is 21.1 Å².